The summed E-state index contributed by atoms with van der Waals surface area (Å²) in [5.74, 6) is 0.286. The molecule has 0 saturated heterocycles. The lowest BCUT2D eigenvalue weighted by atomic mass is 10.1. The molecule has 9 heteroatoms. The molecule has 2 atom stereocenters. The predicted octanol–water partition coefficient (Wildman–Crippen LogP) is 4.86. The summed E-state index contributed by atoms with van der Waals surface area (Å²) in [4.78, 5) is 28.8. The molecular weight excluding hydrogens is 514 g/mol. The van der Waals surface area contributed by atoms with E-state index in [4.69, 9.17) is 4.74 Å². The summed E-state index contributed by atoms with van der Waals surface area (Å²) in [6.45, 7) is 6.24. The van der Waals surface area contributed by atoms with E-state index in [0.29, 0.717) is 29.2 Å². The fourth-order valence-electron chi connectivity index (χ4n) is 5.04. The zero-order chi connectivity index (χ0) is 28.2. The Morgan fingerprint density at radius 3 is 2.44 bits per heavy atom. The number of carbonyl (C=O) groups excluding carboxylic acids is 2. The molecule has 0 saturated carbocycles. The number of carbonyl (C=O) groups is 2. The number of ether oxygens (including phenoxy) is 1. The standard InChI is InChI=1S/C30H37N3O5S/c1-5-21(3)31-30(35)25(6-2)32(20-22-11-7-14-24(19-22)38-4)28(34)17-10-18-33-26-15-8-12-23-13-9-16-27(29(23)26)39(33,36)37/h7-9,11-16,19,21,25H,5-6,10,17-18,20H2,1-4H3,(H,31,35)/t21-,25+/m1/s1. The van der Waals surface area contributed by atoms with Crippen LogP contribution in [0.25, 0.3) is 10.8 Å². The van der Waals surface area contributed by atoms with Gasteiger partial charge in [0.25, 0.3) is 10.0 Å². The largest absolute Gasteiger partial charge is 0.497 e. The van der Waals surface area contributed by atoms with Crippen molar-refractivity contribution >= 4 is 38.3 Å². The molecule has 2 amide bonds. The molecule has 0 bridgehead atoms. The van der Waals surface area contributed by atoms with Crippen LogP contribution in [-0.2, 0) is 26.2 Å². The van der Waals surface area contributed by atoms with Gasteiger partial charge in [-0.05, 0) is 61.4 Å². The normalized spacial score (nSPS) is 15.1. The number of hydrogen-bond donors (Lipinski definition) is 1. The summed E-state index contributed by atoms with van der Waals surface area (Å²) in [6, 6.07) is 17.6. The average molecular weight is 552 g/mol. The van der Waals surface area contributed by atoms with E-state index in [2.05, 4.69) is 5.32 Å². The Hall–Kier alpha value is -3.59. The number of nitrogens with one attached hydrogen (secondary N) is 1. The maximum Gasteiger partial charge on any atom is 0.265 e. The molecule has 1 heterocycles. The van der Waals surface area contributed by atoms with Crippen molar-refractivity contribution in [2.45, 2.75) is 70.0 Å². The maximum atomic E-state index is 13.7. The monoisotopic (exact) mass is 551 g/mol. The van der Waals surface area contributed by atoms with Gasteiger partial charge in [-0.1, -0.05) is 50.2 Å². The van der Waals surface area contributed by atoms with E-state index in [1.807, 2.05) is 63.2 Å². The van der Waals surface area contributed by atoms with Crippen molar-refractivity contribution in [3.8, 4) is 5.75 Å². The van der Waals surface area contributed by atoms with E-state index in [-0.39, 0.29) is 37.4 Å². The highest BCUT2D eigenvalue weighted by Crippen LogP contribution is 2.42. The molecule has 0 unspecified atom stereocenters. The zero-order valence-electron chi connectivity index (χ0n) is 23.0. The third-order valence-corrected chi connectivity index (χ3v) is 9.16. The molecule has 1 aliphatic rings. The summed E-state index contributed by atoms with van der Waals surface area (Å²) < 4.78 is 33.4. The van der Waals surface area contributed by atoms with Crippen LogP contribution < -0.4 is 14.4 Å². The molecule has 3 aromatic rings. The lowest BCUT2D eigenvalue weighted by Crippen LogP contribution is -2.50. The van der Waals surface area contributed by atoms with Gasteiger partial charge < -0.3 is 15.0 Å². The van der Waals surface area contributed by atoms with E-state index >= 15 is 0 Å². The number of rotatable bonds is 12. The van der Waals surface area contributed by atoms with Crippen molar-refractivity contribution in [1.29, 1.82) is 0 Å². The van der Waals surface area contributed by atoms with Gasteiger partial charge in [0.2, 0.25) is 11.8 Å². The van der Waals surface area contributed by atoms with Crippen molar-refractivity contribution in [3.05, 3.63) is 66.2 Å². The van der Waals surface area contributed by atoms with Gasteiger partial charge in [0, 0.05) is 30.9 Å². The van der Waals surface area contributed by atoms with Crippen LogP contribution in [0.15, 0.2) is 65.6 Å². The number of methoxy groups -OCH3 is 1. The summed E-state index contributed by atoms with van der Waals surface area (Å²) in [6.07, 6.45) is 1.66. The van der Waals surface area contributed by atoms with E-state index < -0.39 is 16.1 Å². The van der Waals surface area contributed by atoms with Crippen LogP contribution in [-0.4, -0.2) is 50.9 Å². The van der Waals surface area contributed by atoms with Crippen molar-refractivity contribution in [2.24, 2.45) is 0 Å². The minimum Gasteiger partial charge on any atom is -0.497 e. The zero-order valence-corrected chi connectivity index (χ0v) is 23.8. The fraction of sp³-hybridized carbons (Fsp3) is 0.400. The number of sulfonamides is 1. The molecule has 0 spiro atoms. The first kappa shape index (κ1) is 28.4. The second-order valence-corrected chi connectivity index (χ2v) is 11.8. The number of benzene rings is 3. The topological polar surface area (TPSA) is 96.0 Å². The van der Waals surface area contributed by atoms with Crippen LogP contribution >= 0.6 is 0 Å². The molecule has 3 aromatic carbocycles. The molecule has 1 aliphatic heterocycles. The van der Waals surface area contributed by atoms with E-state index in [1.54, 1.807) is 30.2 Å². The van der Waals surface area contributed by atoms with Gasteiger partial charge in [0.1, 0.15) is 11.8 Å². The van der Waals surface area contributed by atoms with Gasteiger partial charge in [-0.25, -0.2) is 8.42 Å². The van der Waals surface area contributed by atoms with Gasteiger partial charge in [-0.15, -0.1) is 0 Å². The first-order chi connectivity index (χ1) is 18.7. The third kappa shape index (κ3) is 5.88. The van der Waals surface area contributed by atoms with Gasteiger partial charge in [0.15, 0.2) is 0 Å². The Balaban J connectivity index is 1.53. The smallest absolute Gasteiger partial charge is 0.265 e. The van der Waals surface area contributed by atoms with Crippen LogP contribution in [0.5, 0.6) is 5.75 Å². The molecule has 1 N–H and O–H groups in total. The van der Waals surface area contributed by atoms with Crippen molar-refractivity contribution in [2.75, 3.05) is 18.0 Å². The highest BCUT2D eigenvalue weighted by molar-refractivity contribution is 7.93. The minimum absolute atomic E-state index is 0.00923. The van der Waals surface area contributed by atoms with Crippen LogP contribution in [0.1, 0.15) is 52.0 Å². The highest BCUT2D eigenvalue weighted by Gasteiger charge is 2.35. The Morgan fingerprint density at radius 1 is 1.03 bits per heavy atom. The molecule has 8 nitrogen and oxygen atoms in total. The van der Waals surface area contributed by atoms with Crippen LogP contribution in [0, 0.1) is 0 Å². The Bertz CT molecular complexity index is 1450. The first-order valence-electron chi connectivity index (χ1n) is 13.5. The summed E-state index contributed by atoms with van der Waals surface area (Å²) in [5, 5.41) is 4.60. The molecule has 208 valence electrons. The SMILES string of the molecule is CC[C@@H](C)NC(=O)[C@H](CC)N(Cc1cccc(OC)c1)C(=O)CCCN1c2cccc3cccc(c23)S1(=O)=O. The second kappa shape index (κ2) is 12.1. The van der Waals surface area contributed by atoms with Gasteiger partial charge >= 0.3 is 0 Å². The third-order valence-electron chi connectivity index (χ3n) is 7.31. The maximum absolute atomic E-state index is 13.7. The minimum atomic E-state index is -3.69. The van der Waals surface area contributed by atoms with Crippen LogP contribution in [0.2, 0.25) is 0 Å². The molecular formula is C30H37N3O5S. The number of amides is 2. The number of nitrogens with zero attached hydrogens (tertiary/aromatic N) is 2. The first-order valence-corrected chi connectivity index (χ1v) is 14.9. The summed E-state index contributed by atoms with van der Waals surface area (Å²) in [5.41, 5.74) is 1.49. The Morgan fingerprint density at radius 2 is 1.74 bits per heavy atom. The average Bonchev–Trinajstić information content (AvgIpc) is 3.15. The highest BCUT2D eigenvalue weighted by atomic mass is 32.2. The van der Waals surface area contributed by atoms with Gasteiger partial charge in [-0.3, -0.25) is 13.9 Å². The quantitative estimate of drug-likeness (QED) is 0.347. The van der Waals surface area contributed by atoms with Gasteiger partial charge in [-0.2, -0.15) is 0 Å². The van der Waals surface area contributed by atoms with E-state index in [0.717, 1.165) is 22.8 Å². The molecule has 39 heavy (non-hydrogen) atoms. The number of anilines is 1. The molecule has 0 fully saturated rings. The van der Waals surface area contributed by atoms with Crippen LogP contribution in [0.3, 0.4) is 0 Å². The lowest BCUT2D eigenvalue weighted by molar-refractivity contribution is -0.141. The van der Waals surface area contributed by atoms with E-state index in [9.17, 15) is 18.0 Å². The lowest BCUT2D eigenvalue weighted by Gasteiger charge is -2.32. The summed E-state index contributed by atoms with van der Waals surface area (Å²) >= 11 is 0. The second-order valence-electron chi connectivity index (χ2n) is 9.93. The van der Waals surface area contributed by atoms with Gasteiger partial charge in [0.05, 0.1) is 17.7 Å². The molecule has 4 rings (SSSR count). The van der Waals surface area contributed by atoms with Crippen molar-refractivity contribution in [1.82, 2.24) is 10.2 Å². The van der Waals surface area contributed by atoms with Crippen molar-refractivity contribution in [3.63, 3.8) is 0 Å². The fourth-order valence-corrected chi connectivity index (χ4v) is 6.79. The number of hydrogen-bond acceptors (Lipinski definition) is 5. The summed E-state index contributed by atoms with van der Waals surface area (Å²) in [7, 11) is -2.11. The Labute approximate surface area is 231 Å². The molecule has 0 radical (unpaired) electrons. The molecule has 0 aromatic heterocycles. The van der Waals surface area contributed by atoms with Crippen LogP contribution in [0.4, 0.5) is 5.69 Å². The predicted molar refractivity (Wildman–Crippen MR) is 153 cm³/mol. The van der Waals surface area contributed by atoms with Crippen molar-refractivity contribution < 1.29 is 22.7 Å². The van der Waals surface area contributed by atoms with E-state index in [1.165, 1.54) is 4.31 Å². The molecule has 0 aliphatic carbocycles. The Kier molecular flexibility index (Phi) is 8.80.